The first-order valence-corrected chi connectivity index (χ1v) is 10.3. The minimum absolute atomic E-state index is 0.211. The van der Waals surface area contributed by atoms with Crippen LogP contribution in [0.4, 0.5) is 11.4 Å². The van der Waals surface area contributed by atoms with Crippen LogP contribution in [0.2, 0.25) is 15.1 Å². The maximum Gasteiger partial charge on any atom is 0.262 e. The molecular formula is C21H25Cl3N2O2. The highest BCUT2D eigenvalue weighted by molar-refractivity contribution is 6.42. The number of hydrogen-bond donors (Lipinski definition) is 1. The molecule has 4 nitrogen and oxygen atoms in total. The number of hydrogen-bond acceptors (Lipinski definition) is 3. The van der Waals surface area contributed by atoms with E-state index in [9.17, 15) is 4.79 Å². The van der Waals surface area contributed by atoms with E-state index in [0.717, 1.165) is 30.0 Å². The molecule has 0 aromatic heterocycles. The SMILES string of the molecule is CCN(CC)c1ccc(NC(=O)COc2c(Cl)c(C)c(Cl)c(C)c2Cl)c(C)c1. The molecule has 0 unspecified atom stereocenters. The highest BCUT2D eigenvalue weighted by Gasteiger charge is 2.19. The highest BCUT2D eigenvalue weighted by Crippen LogP contribution is 2.42. The monoisotopic (exact) mass is 442 g/mol. The molecule has 0 aliphatic carbocycles. The van der Waals surface area contributed by atoms with E-state index < -0.39 is 0 Å². The summed E-state index contributed by atoms with van der Waals surface area (Å²) in [7, 11) is 0. The Morgan fingerprint density at radius 2 is 1.57 bits per heavy atom. The predicted molar refractivity (Wildman–Crippen MR) is 120 cm³/mol. The van der Waals surface area contributed by atoms with Gasteiger partial charge in [-0.3, -0.25) is 4.79 Å². The van der Waals surface area contributed by atoms with Crippen LogP contribution in [0.5, 0.6) is 5.75 Å². The van der Waals surface area contributed by atoms with Gasteiger partial charge in [0.2, 0.25) is 0 Å². The molecule has 0 aliphatic heterocycles. The second-order valence-corrected chi connectivity index (χ2v) is 7.66. The van der Waals surface area contributed by atoms with Gasteiger partial charge < -0.3 is 15.0 Å². The van der Waals surface area contributed by atoms with Gasteiger partial charge in [-0.15, -0.1) is 0 Å². The summed E-state index contributed by atoms with van der Waals surface area (Å²) in [5.74, 6) is -0.0254. The van der Waals surface area contributed by atoms with Gasteiger partial charge in [0.15, 0.2) is 12.4 Å². The van der Waals surface area contributed by atoms with E-state index in [1.807, 2.05) is 19.1 Å². The lowest BCUT2D eigenvalue weighted by Gasteiger charge is -2.22. The number of halogens is 3. The third-order valence-electron chi connectivity index (χ3n) is 4.68. The van der Waals surface area contributed by atoms with Crippen LogP contribution >= 0.6 is 34.8 Å². The Morgan fingerprint density at radius 3 is 2.07 bits per heavy atom. The molecule has 0 atom stereocenters. The number of carbonyl (C=O) groups is 1. The van der Waals surface area contributed by atoms with E-state index in [1.165, 1.54) is 0 Å². The van der Waals surface area contributed by atoms with Gasteiger partial charge in [0.25, 0.3) is 5.91 Å². The van der Waals surface area contributed by atoms with E-state index in [-0.39, 0.29) is 18.3 Å². The fourth-order valence-electron chi connectivity index (χ4n) is 2.94. The molecule has 28 heavy (non-hydrogen) atoms. The molecule has 0 saturated heterocycles. The van der Waals surface area contributed by atoms with Crippen molar-refractivity contribution in [2.45, 2.75) is 34.6 Å². The zero-order valence-electron chi connectivity index (χ0n) is 16.8. The minimum Gasteiger partial charge on any atom is -0.481 e. The lowest BCUT2D eigenvalue weighted by molar-refractivity contribution is -0.118. The molecule has 0 saturated carbocycles. The molecule has 0 fully saturated rings. The van der Waals surface area contributed by atoms with Gasteiger partial charge in [-0.05, 0) is 69.5 Å². The van der Waals surface area contributed by atoms with Gasteiger partial charge in [0.05, 0.1) is 10.0 Å². The maximum atomic E-state index is 12.4. The lowest BCUT2D eigenvalue weighted by atomic mass is 10.1. The molecule has 0 aliphatic rings. The van der Waals surface area contributed by atoms with Crippen LogP contribution < -0.4 is 15.0 Å². The van der Waals surface area contributed by atoms with E-state index in [2.05, 4.69) is 30.1 Å². The lowest BCUT2D eigenvalue weighted by Crippen LogP contribution is -2.23. The number of benzene rings is 2. The smallest absolute Gasteiger partial charge is 0.262 e. The average molecular weight is 444 g/mol. The van der Waals surface area contributed by atoms with Crippen molar-refractivity contribution < 1.29 is 9.53 Å². The van der Waals surface area contributed by atoms with Gasteiger partial charge in [0, 0.05) is 29.5 Å². The molecule has 2 rings (SSSR count). The van der Waals surface area contributed by atoms with Crippen LogP contribution in [0, 0.1) is 20.8 Å². The first-order chi connectivity index (χ1) is 13.2. The normalized spacial score (nSPS) is 10.7. The minimum atomic E-state index is -0.295. The van der Waals surface area contributed by atoms with Crippen LogP contribution in [-0.2, 0) is 4.79 Å². The Morgan fingerprint density at radius 1 is 1.00 bits per heavy atom. The summed E-state index contributed by atoms with van der Waals surface area (Å²) in [6, 6.07) is 5.96. The standard InChI is InChI=1S/C21H25Cl3N2O2/c1-6-26(7-2)15-8-9-16(12(3)10-15)25-17(27)11-28-21-19(23)13(4)18(22)14(5)20(21)24/h8-10H,6-7,11H2,1-5H3,(H,25,27). The number of anilines is 2. The Balaban J connectivity index is 2.10. The fraction of sp³-hybridized carbons (Fsp3) is 0.381. The van der Waals surface area contributed by atoms with Crippen molar-refractivity contribution in [2.75, 3.05) is 29.9 Å². The van der Waals surface area contributed by atoms with Crippen molar-refractivity contribution in [3.05, 3.63) is 50.0 Å². The summed E-state index contributed by atoms with van der Waals surface area (Å²) in [6.07, 6.45) is 0. The topological polar surface area (TPSA) is 41.6 Å². The summed E-state index contributed by atoms with van der Waals surface area (Å²) < 4.78 is 5.61. The van der Waals surface area contributed by atoms with Gasteiger partial charge in [-0.1, -0.05) is 34.8 Å². The van der Waals surface area contributed by atoms with Crippen molar-refractivity contribution in [1.82, 2.24) is 0 Å². The number of ether oxygens (including phenoxy) is 1. The molecule has 2 aromatic rings. The molecule has 2 aromatic carbocycles. The van der Waals surface area contributed by atoms with E-state index in [1.54, 1.807) is 13.8 Å². The van der Waals surface area contributed by atoms with Crippen molar-refractivity contribution in [2.24, 2.45) is 0 Å². The third kappa shape index (κ3) is 4.86. The summed E-state index contributed by atoms with van der Waals surface area (Å²) in [5, 5.41) is 3.99. The number of carbonyl (C=O) groups excluding carboxylic acids is 1. The van der Waals surface area contributed by atoms with Gasteiger partial charge in [-0.2, -0.15) is 0 Å². The summed E-state index contributed by atoms with van der Waals surface area (Å²) >= 11 is 18.8. The van der Waals surface area contributed by atoms with E-state index in [4.69, 9.17) is 39.5 Å². The average Bonchev–Trinajstić information content (AvgIpc) is 2.67. The fourth-order valence-corrected chi connectivity index (χ4v) is 3.76. The Labute approximate surface area is 181 Å². The van der Waals surface area contributed by atoms with Crippen LogP contribution in [0.1, 0.15) is 30.5 Å². The zero-order valence-corrected chi connectivity index (χ0v) is 19.0. The van der Waals surface area contributed by atoms with Gasteiger partial charge >= 0.3 is 0 Å². The first-order valence-electron chi connectivity index (χ1n) is 9.13. The largest absolute Gasteiger partial charge is 0.481 e. The number of amides is 1. The molecule has 0 radical (unpaired) electrons. The van der Waals surface area contributed by atoms with Crippen LogP contribution in [0.25, 0.3) is 0 Å². The number of rotatable bonds is 7. The number of aryl methyl sites for hydroxylation is 1. The molecule has 1 N–H and O–H groups in total. The maximum absolute atomic E-state index is 12.4. The van der Waals surface area contributed by atoms with Crippen LogP contribution in [-0.4, -0.2) is 25.6 Å². The first kappa shape index (κ1) is 22.7. The quantitative estimate of drug-likeness (QED) is 0.535. The van der Waals surface area contributed by atoms with Crippen LogP contribution in [0.15, 0.2) is 18.2 Å². The third-order valence-corrected chi connectivity index (χ3v) is 6.15. The summed E-state index contributed by atoms with van der Waals surface area (Å²) in [5.41, 5.74) is 4.19. The van der Waals surface area contributed by atoms with Crippen molar-refractivity contribution in [1.29, 1.82) is 0 Å². The van der Waals surface area contributed by atoms with Crippen molar-refractivity contribution in [3.8, 4) is 5.75 Å². The number of nitrogens with zero attached hydrogens (tertiary/aromatic N) is 1. The van der Waals surface area contributed by atoms with Crippen molar-refractivity contribution >= 4 is 52.1 Å². The molecule has 1 amide bonds. The molecule has 0 heterocycles. The molecule has 152 valence electrons. The molecule has 0 bridgehead atoms. The molecule has 0 spiro atoms. The van der Waals surface area contributed by atoms with E-state index in [0.29, 0.717) is 26.2 Å². The second-order valence-electron chi connectivity index (χ2n) is 6.53. The highest BCUT2D eigenvalue weighted by atomic mass is 35.5. The summed E-state index contributed by atoms with van der Waals surface area (Å²) in [4.78, 5) is 14.6. The number of nitrogens with one attached hydrogen (secondary N) is 1. The Kier molecular flexibility index (Phi) is 7.87. The Hall–Kier alpha value is -1.62. The molecule has 7 heteroatoms. The van der Waals surface area contributed by atoms with Crippen molar-refractivity contribution in [3.63, 3.8) is 0 Å². The van der Waals surface area contributed by atoms with Gasteiger partial charge in [0.1, 0.15) is 0 Å². The van der Waals surface area contributed by atoms with Crippen LogP contribution in [0.3, 0.4) is 0 Å². The predicted octanol–water partition coefficient (Wildman–Crippen LogP) is 6.44. The zero-order chi connectivity index (χ0) is 21.0. The summed E-state index contributed by atoms with van der Waals surface area (Å²) in [6.45, 7) is 11.4. The van der Waals surface area contributed by atoms with E-state index >= 15 is 0 Å². The molecular weight excluding hydrogens is 419 g/mol. The Bertz CT molecular complexity index is 851. The van der Waals surface area contributed by atoms with Gasteiger partial charge in [-0.25, -0.2) is 0 Å². The second kappa shape index (κ2) is 9.73.